The van der Waals surface area contributed by atoms with Crippen molar-refractivity contribution in [1.82, 2.24) is 0 Å². The number of furan rings is 1. The van der Waals surface area contributed by atoms with Gasteiger partial charge in [-0.3, -0.25) is 14.9 Å². The number of rotatable bonds is 3. The van der Waals surface area contributed by atoms with E-state index in [1.54, 1.807) is 6.92 Å². The summed E-state index contributed by atoms with van der Waals surface area (Å²) in [6.07, 6.45) is 1.36. The van der Waals surface area contributed by atoms with Crippen LogP contribution in [0.4, 0.5) is 15.8 Å². The van der Waals surface area contributed by atoms with Crippen molar-refractivity contribution in [3.63, 3.8) is 0 Å². The summed E-state index contributed by atoms with van der Waals surface area (Å²) in [6.45, 7) is 1.61. The molecule has 7 heteroatoms. The number of nitro groups is 1. The maximum absolute atomic E-state index is 13.1. The van der Waals surface area contributed by atoms with Crippen molar-refractivity contribution in [2.45, 2.75) is 6.92 Å². The number of benzene rings is 1. The summed E-state index contributed by atoms with van der Waals surface area (Å²) in [5.41, 5.74) is -0.243. The Morgan fingerprint density at radius 2 is 2.16 bits per heavy atom. The van der Waals surface area contributed by atoms with Crippen LogP contribution in [0.5, 0.6) is 0 Å². The normalized spacial score (nSPS) is 10.2. The first kappa shape index (κ1) is 12.7. The Kier molecular flexibility index (Phi) is 3.28. The van der Waals surface area contributed by atoms with E-state index in [9.17, 15) is 19.3 Å². The average molecular weight is 264 g/mol. The Morgan fingerprint density at radius 1 is 1.42 bits per heavy atom. The molecule has 1 aromatic heterocycles. The van der Waals surface area contributed by atoms with Crippen LogP contribution in [-0.2, 0) is 0 Å². The van der Waals surface area contributed by atoms with Crippen LogP contribution < -0.4 is 5.32 Å². The second kappa shape index (κ2) is 4.89. The molecule has 1 amide bonds. The van der Waals surface area contributed by atoms with E-state index in [2.05, 4.69) is 5.32 Å². The third-order valence-electron chi connectivity index (χ3n) is 2.50. The Bertz CT molecular complexity index is 651. The predicted molar refractivity (Wildman–Crippen MR) is 64.5 cm³/mol. The second-order valence-electron chi connectivity index (χ2n) is 3.77. The van der Waals surface area contributed by atoms with Gasteiger partial charge < -0.3 is 9.73 Å². The number of anilines is 1. The van der Waals surface area contributed by atoms with Crippen LogP contribution in [-0.4, -0.2) is 10.8 Å². The molecular formula is C12H9FN2O4. The molecule has 19 heavy (non-hydrogen) atoms. The van der Waals surface area contributed by atoms with Gasteiger partial charge in [-0.05, 0) is 25.1 Å². The van der Waals surface area contributed by atoms with Gasteiger partial charge in [0.25, 0.3) is 5.91 Å². The number of halogens is 1. The first-order valence-electron chi connectivity index (χ1n) is 5.28. The fourth-order valence-corrected chi connectivity index (χ4v) is 1.55. The quantitative estimate of drug-likeness (QED) is 0.682. The van der Waals surface area contributed by atoms with Gasteiger partial charge in [0.15, 0.2) is 0 Å². The number of carbonyl (C=O) groups excluding carboxylic acids is 1. The highest BCUT2D eigenvalue weighted by molar-refractivity contribution is 6.05. The van der Waals surface area contributed by atoms with E-state index in [1.807, 2.05) is 0 Å². The molecule has 6 nitrogen and oxygen atoms in total. The van der Waals surface area contributed by atoms with Crippen molar-refractivity contribution in [2.24, 2.45) is 0 Å². The van der Waals surface area contributed by atoms with Crippen molar-refractivity contribution < 1.29 is 18.5 Å². The van der Waals surface area contributed by atoms with Crippen LogP contribution in [0, 0.1) is 22.9 Å². The van der Waals surface area contributed by atoms with Gasteiger partial charge in [-0.15, -0.1) is 0 Å². The van der Waals surface area contributed by atoms with Crippen molar-refractivity contribution >= 4 is 17.3 Å². The zero-order chi connectivity index (χ0) is 14.0. The van der Waals surface area contributed by atoms with E-state index in [0.29, 0.717) is 11.3 Å². The molecule has 0 aliphatic rings. The van der Waals surface area contributed by atoms with Gasteiger partial charge in [0.2, 0.25) is 5.82 Å². The Balaban J connectivity index is 2.25. The molecule has 1 aromatic carbocycles. The van der Waals surface area contributed by atoms with Gasteiger partial charge in [-0.2, -0.15) is 4.39 Å². The molecule has 1 heterocycles. The number of nitrogens with zero attached hydrogens (tertiary/aromatic N) is 1. The van der Waals surface area contributed by atoms with Gasteiger partial charge in [0.1, 0.15) is 5.76 Å². The second-order valence-corrected chi connectivity index (χ2v) is 3.77. The fourth-order valence-electron chi connectivity index (χ4n) is 1.55. The third-order valence-corrected chi connectivity index (χ3v) is 2.50. The van der Waals surface area contributed by atoms with E-state index in [1.165, 1.54) is 18.4 Å². The number of hydrogen-bond donors (Lipinski definition) is 1. The van der Waals surface area contributed by atoms with Gasteiger partial charge in [-0.1, -0.05) is 0 Å². The highest BCUT2D eigenvalue weighted by Gasteiger charge is 2.17. The number of nitrogens with one attached hydrogen (secondary N) is 1. The van der Waals surface area contributed by atoms with Crippen molar-refractivity contribution in [2.75, 3.05) is 5.32 Å². The minimum atomic E-state index is -0.956. The molecule has 2 rings (SSSR count). The van der Waals surface area contributed by atoms with E-state index in [0.717, 1.165) is 12.1 Å². The summed E-state index contributed by atoms with van der Waals surface area (Å²) in [5.74, 6) is -1.01. The van der Waals surface area contributed by atoms with Crippen LogP contribution in [0.1, 0.15) is 16.1 Å². The smallest absolute Gasteiger partial charge is 0.306 e. The summed E-state index contributed by atoms with van der Waals surface area (Å²) in [4.78, 5) is 21.6. The minimum Gasteiger partial charge on any atom is -0.469 e. The molecule has 0 fully saturated rings. The van der Waals surface area contributed by atoms with Crippen LogP contribution in [0.25, 0.3) is 0 Å². The number of hydrogen-bond acceptors (Lipinski definition) is 4. The van der Waals surface area contributed by atoms with E-state index >= 15 is 0 Å². The molecule has 0 spiro atoms. The molecule has 0 aliphatic carbocycles. The largest absolute Gasteiger partial charge is 0.469 e. The Labute approximate surface area is 107 Å². The zero-order valence-corrected chi connectivity index (χ0v) is 9.84. The summed E-state index contributed by atoms with van der Waals surface area (Å²) in [7, 11) is 0. The van der Waals surface area contributed by atoms with Crippen molar-refractivity contribution in [3.05, 3.63) is 57.8 Å². The third kappa shape index (κ3) is 2.59. The SMILES string of the molecule is Cc1occc1C(=O)Nc1ccc(F)c([N+](=O)[O-])c1. The number of carbonyl (C=O) groups is 1. The number of amides is 1. The standard InChI is InChI=1S/C12H9FN2O4/c1-7-9(4-5-19-7)12(16)14-8-2-3-10(13)11(6-8)15(17)18/h2-6H,1H3,(H,14,16). The predicted octanol–water partition coefficient (Wildman–Crippen LogP) is 2.89. The Morgan fingerprint density at radius 3 is 2.74 bits per heavy atom. The first-order chi connectivity index (χ1) is 8.99. The van der Waals surface area contributed by atoms with E-state index < -0.39 is 22.3 Å². The maximum Gasteiger partial charge on any atom is 0.306 e. The molecule has 0 aliphatic heterocycles. The molecule has 0 saturated carbocycles. The van der Waals surface area contributed by atoms with Crippen molar-refractivity contribution in [1.29, 1.82) is 0 Å². The van der Waals surface area contributed by atoms with Crippen LogP contribution in [0.2, 0.25) is 0 Å². The van der Waals surface area contributed by atoms with Gasteiger partial charge in [-0.25, -0.2) is 0 Å². The molecule has 1 N–H and O–H groups in total. The molecule has 98 valence electrons. The lowest BCUT2D eigenvalue weighted by atomic mass is 10.2. The molecule has 0 atom stereocenters. The highest BCUT2D eigenvalue weighted by atomic mass is 19.1. The lowest BCUT2D eigenvalue weighted by molar-refractivity contribution is -0.387. The molecular weight excluding hydrogens is 255 g/mol. The van der Waals surface area contributed by atoms with Gasteiger partial charge in [0, 0.05) is 11.8 Å². The Hall–Kier alpha value is -2.70. The highest BCUT2D eigenvalue weighted by Crippen LogP contribution is 2.22. The van der Waals surface area contributed by atoms with Gasteiger partial charge in [0.05, 0.1) is 16.7 Å². The summed E-state index contributed by atoms with van der Waals surface area (Å²) in [5, 5.41) is 13.0. The molecule has 2 aromatic rings. The van der Waals surface area contributed by atoms with Gasteiger partial charge >= 0.3 is 5.69 Å². The summed E-state index contributed by atoms with van der Waals surface area (Å²) in [6, 6.07) is 4.61. The lowest BCUT2D eigenvalue weighted by Gasteiger charge is -2.04. The minimum absolute atomic E-state index is 0.138. The average Bonchev–Trinajstić information content (AvgIpc) is 2.77. The molecule has 0 bridgehead atoms. The van der Waals surface area contributed by atoms with E-state index in [4.69, 9.17) is 4.42 Å². The molecule has 0 unspecified atom stereocenters. The zero-order valence-electron chi connectivity index (χ0n) is 9.84. The topological polar surface area (TPSA) is 85.4 Å². The first-order valence-corrected chi connectivity index (χ1v) is 5.28. The van der Waals surface area contributed by atoms with E-state index in [-0.39, 0.29) is 5.69 Å². The monoisotopic (exact) mass is 264 g/mol. The van der Waals surface area contributed by atoms with Crippen LogP contribution >= 0.6 is 0 Å². The molecule has 0 radical (unpaired) electrons. The molecule has 0 saturated heterocycles. The summed E-state index contributed by atoms with van der Waals surface area (Å²) >= 11 is 0. The lowest BCUT2D eigenvalue weighted by Crippen LogP contribution is -2.12. The summed E-state index contributed by atoms with van der Waals surface area (Å²) < 4.78 is 18.1. The van der Waals surface area contributed by atoms with Crippen LogP contribution in [0.3, 0.4) is 0 Å². The number of nitro benzene ring substituents is 1. The fraction of sp³-hybridized carbons (Fsp3) is 0.0833. The number of aryl methyl sites for hydroxylation is 1. The van der Waals surface area contributed by atoms with Crippen molar-refractivity contribution in [3.8, 4) is 0 Å². The van der Waals surface area contributed by atoms with Crippen LogP contribution in [0.15, 0.2) is 34.9 Å². The maximum atomic E-state index is 13.1.